The van der Waals surface area contributed by atoms with Crippen molar-refractivity contribution in [1.82, 2.24) is 10.3 Å². The summed E-state index contributed by atoms with van der Waals surface area (Å²) in [6.45, 7) is 6.88. The minimum Gasteiger partial charge on any atom is -0.359 e. The molecule has 4 rings (SSSR count). The van der Waals surface area contributed by atoms with Crippen molar-refractivity contribution in [3.05, 3.63) is 52.1 Å². The van der Waals surface area contributed by atoms with E-state index in [2.05, 4.69) is 10.3 Å². The molecule has 1 aliphatic heterocycles. The highest BCUT2D eigenvalue weighted by Crippen LogP contribution is 2.41. The van der Waals surface area contributed by atoms with Crippen LogP contribution in [0.3, 0.4) is 0 Å². The molecule has 0 saturated heterocycles. The standard InChI is InChI=1S/C26H33FN4O2/c1-4-9-29-25(32)21-13-24-19(11-22(21)27)20(12-23-15(2)10-16(3)30-23)26(33)31(24)14-17-5-7-18(28)8-6-17/h10-13,17-18,30H,4-9,14,28H2,1-3H3,(H,29,32)/b20-12-. The number of anilines is 1. The van der Waals surface area contributed by atoms with Crippen LogP contribution in [0, 0.1) is 25.6 Å². The second-order valence-corrected chi connectivity index (χ2v) is 9.41. The fourth-order valence-electron chi connectivity index (χ4n) is 4.87. The predicted octanol–water partition coefficient (Wildman–Crippen LogP) is 4.32. The van der Waals surface area contributed by atoms with Crippen LogP contribution in [0.2, 0.25) is 0 Å². The van der Waals surface area contributed by atoms with Gasteiger partial charge in [0.05, 0.1) is 16.8 Å². The summed E-state index contributed by atoms with van der Waals surface area (Å²) in [6, 6.07) is 5.11. The largest absolute Gasteiger partial charge is 0.359 e. The van der Waals surface area contributed by atoms with Crippen molar-refractivity contribution in [1.29, 1.82) is 0 Å². The van der Waals surface area contributed by atoms with E-state index >= 15 is 4.39 Å². The molecule has 0 unspecified atom stereocenters. The number of amides is 2. The molecular formula is C26H33FN4O2. The molecule has 1 saturated carbocycles. The molecule has 4 N–H and O–H groups in total. The van der Waals surface area contributed by atoms with E-state index in [0.29, 0.717) is 35.8 Å². The van der Waals surface area contributed by atoms with Gasteiger partial charge in [0.2, 0.25) is 0 Å². The molecule has 2 aromatic rings. The molecule has 176 valence electrons. The van der Waals surface area contributed by atoms with E-state index in [1.165, 1.54) is 12.1 Å². The molecule has 6 nitrogen and oxygen atoms in total. The van der Waals surface area contributed by atoms with Crippen molar-refractivity contribution in [3.8, 4) is 0 Å². The van der Waals surface area contributed by atoms with Crippen LogP contribution in [0.5, 0.6) is 0 Å². The lowest BCUT2D eigenvalue weighted by Crippen LogP contribution is -2.36. The number of H-pyrrole nitrogens is 1. The lowest BCUT2D eigenvalue weighted by Gasteiger charge is -2.30. The number of nitrogens with two attached hydrogens (primary N) is 1. The van der Waals surface area contributed by atoms with E-state index in [1.807, 2.05) is 26.8 Å². The van der Waals surface area contributed by atoms with Crippen LogP contribution >= 0.6 is 0 Å². The Bertz CT molecular complexity index is 1100. The van der Waals surface area contributed by atoms with E-state index in [-0.39, 0.29) is 17.5 Å². The summed E-state index contributed by atoms with van der Waals surface area (Å²) in [7, 11) is 0. The third-order valence-electron chi connectivity index (χ3n) is 6.73. The molecule has 1 aliphatic carbocycles. The van der Waals surface area contributed by atoms with Crippen LogP contribution in [0.25, 0.3) is 11.6 Å². The molecule has 7 heteroatoms. The van der Waals surface area contributed by atoms with Crippen molar-refractivity contribution in [2.45, 2.75) is 58.9 Å². The zero-order valence-corrected chi connectivity index (χ0v) is 19.6. The molecular weight excluding hydrogens is 419 g/mol. The Hall–Kier alpha value is -2.93. The summed E-state index contributed by atoms with van der Waals surface area (Å²) in [5.41, 5.74) is 10.5. The third-order valence-corrected chi connectivity index (χ3v) is 6.73. The van der Waals surface area contributed by atoms with Gasteiger partial charge in [-0.25, -0.2) is 4.39 Å². The number of aromatic amines is 1. The molecule has 1 fully saturated rings. The number of hydrogen-bond acceptors (Lipinski definition) is 3. The highest BCUT2D eigenvalue weighted by atomic mass is 19.1. The Morgan fingerprint density at radius 1 is 1.24 bits per heavy atom. The normalized spacial score (nSPS) is 21.5. The maximum absolute atomic E-state index is 15.0. The summed E-state index contributed by atoms with van der Waals surface area (Å²) >= 11 is 0. The first-order chi connectivity index (χ1) is 15.8. The molecule has 1 aromatic heterocycles. The quantitative estimate of drug-likeness (QED) is 0.570. The summed E-state index contributed by atoms with van der Waals surface area (Å²) in [6.07, 6.45) is 6.36. The van der Waals surface area contributed by atoms with Gasteiger partial charge in [-0.05, 0) is 81.7 Å². The first-order valence-electron chi connectivity index (χ1n) is 11.9. The summed E-state index contributed by atoms with van der Waals surface area (Å²) in [5, 5.41) is 2.74. The van der Waals surface area contributed by atoms with Crippen LogP contribution < -0.4 is 16.0 Å². The molecule has 0 bridgehead atoms. The molecule has 1 aromatic carbocycles. The number of carbonyl (C=O) groups is 2. The van der Waals surface area contributed by atoms with Crippen LogP contribution in [-0.2, 0) is 4.79 Å². The van der Waals surface area contributed by atoms with Gasteiger partial charge in [-0.1, -0.05) is 6.92 Å². The van der Waals surface area contributed by atoms with Crippen molar-refractivity contribution >= 4 is 29.2 Å². The first kappa shape index (κ1) is 23.2. The maximum atomic E-state index is 15.0. The second-order valence-electron chi connectivity index (χ2n) is 9.41. The molecule has 2 amide bonds. The summed E-state index contributed by atoms with van der Waals surface area (Å²) in [4.78, 5) is 31.2. The van der Waals surface area contributed by atoms with E-state index < -0.39 is 11.7 Å². The number of hydrogen-bond donors (Lipinski definition) is 3. The molecule has 0 spiro atoms. The zero-order valence-electron chi connectivity index (χ0n) is 19.6. The van der Waals surface area contributed by atoms with Gasteiger partial charge in [-0.3, -0.25) is 9.59 Å². The average Bonchev–Trinajstić information content (AvgIpc) is 3.23. The van der Waals surface area contributed by atoms with Gasteiger partial charge in [-0.2, -0.15) is 0 Å². The highest BCUT2D eigenvalue weighted by Gasteiger charge is 2.36. The molecule has 2 heterocycles. The number of halogens is 1. The average molecular weight is 453 g/mol. The number of nitrogens with one attached hydrogen (secondary N) is 2. The lowest BCUT2D eigenvalue weighted by molar-refractivity contribution is -0.113. The Labute approximate surface area is 194 Å². The van der Waals surface area contributed by atoms with Crippen LogP contribution in [0.1, 0.15) is 71.9 Å². The van der Waals surface area contributed by atoms with E-state index in [1.54, 1.807) is 11.0 Å². The minimum atomic E-state index is -0.620. The Kier molecular flexibility index (Phi) is 6.70. The van der Waals surface area contributed by atoms with Gasteiger partial charge in [0.1, 0.15) is 5.82 Å². The van der Waals surface area contributed by atoms with Gasteiger partial charge in [0.15, 0.2) is 0 Å². The number of aryl methyl sites for hydroxylation is 2. The number of carbonyl (C=O) groups excluding carboxylic acids is 2. The number of nitrogens with zero attached hydrogens (tertiary/aromatic N) is 1. The highest BCUT2D eigenvalue weighted by molar-refractivity contribution is 6.36. The molecule has 0 radical (unpaired) electrons. The third kappa shape index (κ3) is 4.74. The Morgan fingerprint density at radius 3 is 2.61 bits per heavy atom. The summed E-state index contributed by atoms with van der Waals surface area (Å²) < 4.78 is 15.0. The van der Waals surface area contributed by atoms with Crippen molar-refractivity contribution in [2.24, 2.45) is 11.7 Å². The van der Waals surface area contributed by atoms with Gasteiger partial charge in [0, 0.05) is 36.1 Å². The minimum absolute atomic E-state index is 0.0289. The van der Waals surface area contributed by atoms with E-state index in [9.17, 15) is 9.59 Å². The van der Waals surface area contributed by atoms with Crippen molar-refractivity contribution in [2.75, 3.05) is 18.0 Å². The predicted molar refractivity (Wildman–Crippen MR) is 129 cm³/mol. The SMILES string of the molecule is CCCNC(=O)c1cc2c(cc1F)/C(=C/c1[nH]c(C)cc1C)C(=O)N2CC1CCC(N)CC1. The van der Waals surface area contributed by atoms with Gasteiger partial charge in [-0.15, -0.1) is 0 Å². The number of rotatable bonds is 6. The number of aromatic nitrogens is 1. The van der Waals surface area contributed by atoms with Crippen LogP contribution in [0.15, 0.2) is 18.2 Å². The van der Waals surface area contributed by atoms with E-state index in [0.717, 1.165) is 49.1 Å². The summed E-state index contributed by atoms with van der Waals surface area (Å²) in [5.74, 6) is -0.901. The van der Waals surface area contributed by atoms with Crippen molar-refractivity contribution < 1.29 is 14.0 Å². The smallest absolute Gasteiger partial charge is 0.259 e. The Morgan fingerprint density at radius 2 is 1.97 bits per heavy atom. The maximum Gasteiger partial charge on any atom is 0.259 e. The Balaban J connectivity index is 1.75. The molecule has 33 heavy (non-hydrogen) atoms. The number of benzene rings is 1. The lowest BCUT2D eigenvalue weighted by atomic mass is 9.86. The molecule has 0 atom stereocenters. The number of fused-ring (bicyclic) bond motifs is 1. The molecule has 2 aliphatic rings. The van der Waals surface area contributed by atoms with Crippen LogP contribution in [-0.4, -0.2) is 35.9 Å². The fourth-order valence-corrected chi connectivity index (χ4v) is 4.87. The van der Waals surface area contributed by atoms with Gasteiger partial charge < -0.3 is 20.9 Å². The van der Waals surface area contributed by atoms with Gasteiger partial charge in [0.25, 0.3) is 11.8 Å². The first-order valence-corrected chi connectivity index (χ1v) is 11.9. The second kappa shape index (κ2) is 9.51. The zero-order chi connectivity index (χ0) is 23.7. The topological polar surface area (TPSA) is 91.2 Å². The monoisotopic (exact) mass is 452 g/mol. The van der Waals surface area contributed by atoms with Gasteiger partial charge >= 0.3 is 0 Å². The fraction of sp³-hybridized carbons (Fsp3) is 0.462. The van der Waals surface area contributed by atoms with Crippen molar-refractivity contribution in [3.63, 3.8) is 0 Å². The van der Waals surface area contributed by atoms with Crippen LogP contribution in [0.4, 0.5) is 10.1 Å². The van der Waals surface area contributed by atoms with E-state index in [4.69, 9.17) is 5.73 Å².